The standard InChI is InChI=1S/C11H16ClN3O3/c1-7(2)9(12)5-13-11(16)10-4-8(15(17)18)6-14(10)3/h4,6-7,9H,5H2,1-3H3,(H,13,16). The van der Waals surface area contributed by atoms with Crippen molar-refractivity contribution in [2.24, 2.45) is 13.0 Å². The van der Waals surface area contributed by atoms with Gasteiger partial charge < -0.3 is 9.88 Å². The molecule has 1 N–H and O–H groups in total. The second kappa shape index (κ2) is 5.86. The van der Waals surface area contributed by atoms with Crippen LogP contribution in [0.5, 0.6) is 0 Å². The van der Waals surface area contributed by atoms with E-state index in [0.717, 1.165) is 0 Å². The van der Waals surface area contributed by atoms with Gasteiger partial charge in [-0.25, -0.2) is 0 Å². The Kier molecular flexibility index (Phi) is 4.72. The predicted molar refractivity (Wildman–Crippen MR) is 68.9 cm³/mol. The summed E-state index contributed by atoms with van der Waals surface area (Å²) in [6.45, 7) is 4.24. The number of nitro groups is 1. The van der Waals surface area contributed by atoms with E-state index in [1.165, 1.54) is 16.8 Å². The molecule has 1 rings (SSSR count). The van der Waals surface area contributed by atoms with Crippen LogP contribution >= 0.6 is 11.6 Å². The van der Waals surface area contributed by atoms with E-state index in [1.54, 1.807) is 7.05 Å². The molecule has 0 radical (unpaired) electrons. The quantitative estimate of drug-likeness (QED) is 0.506. The van der Waals surface area contributed by atoms with Crippen LogP contribution in [0.3, 0.4) is 0 Å². The van der Waals surface area contributed by atoms with E-state index >= 15 is 0 Å². The number of amides is 1. The van der Waals surface area contributed by atoms with Crippen molar-refractivity contribution in [2.45, 2.75) is 19.2 Å². The van der Waals surface area contributed by atoms with Crippen LogP contribution in [0.1, 0.15) is 24.3 Å². The highest BCUT2D eigenvalue weighted by Crippen LogP contribution is 2.15. The molecule has 1 amide bonds. The zero-order valence-electron chi connectivity index (χ0n) is 10.5. The van der Waals surface area contributed by atoms with Gasteiger partial charge in [-0.3, -0.25) is 14.9 Å². The molecule has 7 heteroatoms. The molecule has 1 aromatic rings. The first-order chi connectivity index (χ1) is 8.32. The largest absolute Gasteiger partial charge is 0.349 e. The van der Waals surface area contributed by atoms with Crippen molar-refractivity contribution in [3.8, 4) is 0 Å². The van der Waals surface area contributed by atoms with Gasteiger partial charge in [-0.1, -0.05) is 13.8 Å². The number of halogens is 1. The molecule has 0 aliphatic rings. The van der Waals surface area contributed by atoms with Gasteiger partial charge >= 0.3 is 0 Å². The molecule has 1 heterocycles. The van der Waals surface area contributed by atoms with Crippen molar-refractivity contribution < 1.29 is 9.72 Å². The second-order valence-electron chi connectivity index (χ2n) is 4.42. The third-order valence-corrected chi connectivity index (χ3v) is 3.27. The van der Waals surface area contributed by atoms with Gasteiger partial charge in [-0.2, -0.15) is 0 Å². The number of aromatic nitrogens is 1. The van der Waals surface area contributed by atoms with E-state index < -0.39 is 4.92 Å². The van der Waals surface area contributed by atoms with Crippen LogP contribution in [-0.2, 0) is 7.05 Å². The Bertz CT molecular complexity index is 456. The summed E-state index contributed by atoms with van der Waals surface area (Å²) in [5, 5.41) is 13.1. The molecule has 100 valence electrons. The highest BCUT2D eigenvalue weighted by molar-refractivity contribution is 6.21. The lowest BCUT2D eigenvalue weighted by Gasteiger charge is -2.14. The first-order valence-electron chi connectivity index (χ1n) is 5.56. The molecule has 0 spiro atoms. The summed E-state index contributed by atoms with van der Waals surface area (Å²) >= 11 is 6.01. The molecule has 1 atom stereocenters. The molecular formula is C11H16ClN3O3. The molecule has 0 saturated carbocycles. The Hall–Kier alpha value is -1.56. The van der Waals surface area contributed by atoms with Crippen LogP contribution in [0.2, 0.25) is 0 Å². The van der Waals surface area contributed by atoms with Gasteiger partial charge in [0, 0.05) is 19.7 Å². The van der Waals surface area contributed by atoms with Gasteiger partial charge in [0.2, 0.25) is 0 Å². The van der Waals surface area contributed by atoms with Crippen molar-refractivity contribution in [1.29, 1.82) is 0 Å². The van der Waals surface area contributed by atoms with Gasteiger partial charge in [0.25, 0.3) is 11.6 Å². The van der Waals surface area contributed by atoms with E-state index in [2.05, 4.69) is 5.32 Å². The van der Waals surface area contributed by atoms with Gasteiger partial charge in [-0.15, -0.1) is 11.6 Å². The number of nitrogens with one attached hydrogen (secondary N) is 1. The number of carbonyl (C=O) groups excluding carboxylic acids is 1. The van der Waals surface area contributed by atoms with Gasteiger partial charge in [-0.05, 0) is 5.92 Å². The van der Waals surface area contributed by atoms with Crippen molar-refractivity contribution in [3.63, 3.8) is 0 Å². The van der Waals surface area contributed by atoms with E-state index in [4.69, 9.17) is 11.6 Å². The molecule has 0 aliphatic carbocycles. The van der Waals surface area contributed by atoms with Crippen LogP contribution in [0.4, 0.5) is 5.69 Å². The third kappa shape index (κ3) is 3.46. The zero-order chi connectivity index (χ0) is 13.9. The summed E-state index contributed by atoms with van der Waals surface area (Å²) in [5.41, 5.74) is 0.142. The summed E-state index contributed by atoms with van der Waals surface area (Å²) in [5.74, 6) is -0.119. The zero-order valence-corrected chi connectivity index (χ0v) is 11.3. The number of aryl methyl sites for hydroxylation is 1. The first kappa shape index (κ1) is 14.5. The topological polar surface area (TPSA) is 77.2 Å². The smallest absolute Gasteiger partial charge is 0.287 e. The van der Waals surface area contributed by atoms with Gasteiger partial charge in [0.05, 0.1) is 16.5 Å². The summed E-state index contributed by atoms with van der Waals surface area (Å²) in [6, 6.07) is 1.24. The SMILES string of the molecule is CC(C)C(Cl)CNC(=O)c1cc([N+](=O)[O-])cn1C. The Morgan fingerprint density at radius 1 is 1.61 bits per heavy atom. The fraction of sp³-hybridized carbons (Fsp3) is 0.545. The second-order valence-corrected chi connectivity index (χ2v) is 4.98. The fourth-order valence-electron chi connectivity index (χ4n) is 1.39. The lowest BCUT2D eigenvalue weighted by Crippen LogP contribution is -2.32. The van der Waals surface area contributed by atoms with Crippen LogP contribution in [-0.4, -0.2) is 27.3 Å². The molecule has 0 saturated heterocycles. The van der Waals surface area contributed by atoms with Crippen molar-refractivity contribution in [2.75, 3.05) is 6.54 Å². The molecule has 18 heavy (non-hydrogen) atoms. The maximum absolute atomic E-state index is 11.8. The summed E-state index contributed by atoms with van der Waals surface area (Å²) in [6.07, 6.45) is 1.30. The number of rotatable bonds is 5. The van der Waals surface area contributed by atoms with E-state index in [0.29, 0.717) is 6.54 Å². The van der Waals surface area contributed by atoms with Crippen LogP contribution in [0.15, 0.2) is 12.3 Å². The molecule has 0 bridgehead atoms. The number of hydrogen-bond donors (Lipinski definition) is 1. The summed E-state index contributed by atoms with van der Waals surface area (Å²) < 4.78 is 1.42. The molecule has 0 fully saturated rings. The number of alkyl halides is 1. The Morgan fingerprint density at radius 2 is 2.22 bits per heavy atom. The monoisotopic (exact) mass is 273 g/mol. The predicted octanol–water partition coefficient (Wildman–Crippen LogP) is 1.93. The van der Waals surface area contributed by atoms with Crippen LogP contribution < -0.4 is 5.32 Å². The van der Waals surface area contributed by atoms with Gasteiger partial charge in [0.1, 0.15) is 5.69 Å². The number of nitrogens with zero attached hydrogens (tertiary/aromatic N) is 2. The fourth-order valence-corrected chi connectivity index (χ4v) is 1.47. The van der Waals surface area contributed by atoms with Crippen molar-refractivity contribution in [1.82, 2.24) is 9.88 Å². The van der Waals surface area contributed by atoms with Gasteiger partial charge in [0.15, 0.2) is 0 Å². The maximum Gasteiger partial charge on any atom is 0.287 e. The van der Waals surface area contributed by atoms with Crippen LogP contribution in [0, 0.1) is 16.0 Å². The maximum atomic E-state index is 11.8. The number of hydrogen-bond acceptors (Lipinski definition) is 3. The Balaban J connectivity index is 2.70. The molecular weight excluding hydrogens is 258 g/mol. The molecule has 0 aliphatic heterocycles. The van der Waals surface area contributed by atoms with E-state index in [-0.39, 0.29) is 28.6 Å². The minimum absolute atomic E-state index is 0.103. The molecule has 0 aromatic carbocycles. The molecule has 6 nitrogen and oxygen atoms in total. The number of carbonyl (C=O) groups is 1. The summed E-state index contributed by atoms with van der Waals surface area (Å²) in [7, 11) is 1.59. The minimum atomic E-state index is -0.532. The Morgan fingerprint density at radius 3 is 2.67 bits per heavy atom. The molecule has 1 unspecified atom stereocenters. The third-order valence-electron chi connectivity index (χ3n) is 2.61. The minimum Gasteiger partial charge on any atom is -0.349 e. The van der Waals surface area contributed by atoms with E-state index in [9.17, 15) is 14.9 Å². The lowest BCUT2D eigenvalue weighted by molar-refractivity contribution is -0.384. The average molecular weight is 274 g/mol. The average Bonchev–Trinajstić information content (AvgIpc) is 2.67. The summed E-state index contributed by atoms with van der Waals surface area (Å²) in [4.78, 5) is 21.9. The highest BCUT2D eigenvalue weighted by atomic mass is 35.5. The normalized spacial score (nSPS) is 12.5. The van der Waals surface area contributed by atoms with Crippen LogP contribution in [0.25, 0.3) is 0 Å². The van der Waals surface area contributed by atoms with Crippen molar-refractivity contribution in [3.05, 3.63) is 28.1 Å². The lowest BCUT2D eigenvalue weighted by atomic mass is 10.1. The van der Waals surface area contributed by atoms with Crippen molar-refractivity contribution >= 4 is 23.2 Å². The first-order valence-corrected chi connectivity index (χ1v) is 5.99. The Labute approximate surface area is 110 Å². The van der Waals surface area contributed by atoms with E-state index in [1.807, 2.05) is 13.8 Å². The molecule has 1 aromatic heterocycles. The highest BCUT2D eigenvalue weighted by Gasteiger charge is 2.18.